The highest BCUT2D eigenvalue weighted by molar-refractivity contribution is 7.15. The SMILES string of the molecule is COc1ccc(-c2cc(C)nc(C(C)C)c2)cc1.Cc1cc(-c2ccc(Cl)cc2)cc(C(C)C)n1.Cc1cc(-c2cccc(Cl)c2)cc(C(C)C)n1.Cc1cc(-c2ccccc2Cl)cc(C(C)C)n1.Cc1cc(-c2cnc(C)s2)cc(C(C)C)n1.Cc1cc(C(C)C)cc(C(C)C)n1. The minimum absolute atomic E-state index is 0.427. The van der Waals surface area contributed by atoms with Crippen molar-refractivity contribution in [3.63, 3.8) is 0 Å². The molecule has 8 nitrogen and oxygen atoms in total. The zero-order chi connectivity index (χ0) is 72.1. The van der Waals surface area contributed by atoms with Crippen molar-refractivity contribution >= 4 is 46.1 Å². The van der Waals surface area contributed by atoms with E-state index in [1.54, 1.807) is 18.4 Å². The minimum atomic E-state index is 0.427. The minimum Gasteiger partial charge on any atom is -0.497 e. The lowest BCUT2D eigenvalue weighted by molar-refractivity contribution is 0.415. The van der Waals surface area contributed by atoms with Crippen LogP contribution in [0.1, 0.15) is 217 Å². The Balaban J connectivity index is 0.000000186. The normalized spacial score (nSPS) is 10.9. The molecule has 0 fully saturated rings. The Labute approximate surface area is 606 Å². The lowest BCUT2D eigenvalue weighted by Gasteiger charge is -2.11. The van der Waals surface area contributed by atoms with Crippen LogP contribution in [0.25, 0.3) is 54.9 Å². The zero-order valence-electron chi connectivity index (χ0n) is 61.9. The lowest BCUT2D eigenvalue weighted by atomic mass is 9.99. The monoisotopic (exact) mass is 1390 g/mol. The molecule has 0 amide bonds. The van der Waals surface area contributed by atoms with E-state index < -0.39 is 0 Å². The quantitative estimate of drug-likeness (QED) is 0.113. The van der Waals surface area contributed by atoms with E-state index >= 15 is 0 Å². The molecule has 7 aromatic heterocycles. The number of aryl methyl sites for hydroxylation is 7. The fourth-order valence-electron chi connectivity index (χ4n) is 10.4. The van der Waals surface area contributed by atoms with Crippen molar-refractivity contribution in [1.29, 1.82) is 0 Å². The Morgan fingerprint density at radius 3 is 1.07 bits per heavy atom. The highest BCUT2D eigenvalue weighted by Gasteiger charge is 2.13. The third-order valence-electron chi connectivity index (χ3n) is 15.9. The molecule has 0 N–H and O–H groups in total. The van der Waals surface area contributed by atoms with Crippen LogP contribution in [-0.4, -0.2) is 42.0 Å². The van der Waals surface area contributed by atoms with Crippen molar-refractivity contribution in [2.45, 2.75) is 187 Å². The number of aromatic nitrogens is 7. The van der Waals surface area contributed by atoms with Crippen LogP contribution in [0.5, 0.6) is 5.75 Å². The van der Waals surface area contributed by atoms with Crippen LogP contribution in [0.15, 0.2) is 176 Å². The van der Waals surface area contributed by atoms with E-state index in [0.29, 0.717) is 41.4 Å². The van der Waals surface area contributed by atoms with Crippen molar-refractivity contribution in [3.05, 3.63) is 270 Å². The average molecular weight is 1390 g/mol. The first kappa shape index (κ1) is 79.1. The van der Waals surface area contributed by atoms with Gasteiger partial charge in [0.15, 0.2) is 0 Å². The first-order valence-corrected chi connectivity index (χ1v) is 36.1. The van der Waals surface area contributed by atoms with E-state index in [-0.39, 0.29) is 0 Å². The van der Waals surface area contributed by atoms with E-state index in [1.807, 2.05) is 127 Å². The number of rotatable bonds is 13. The summed E-state index contributed by atoms with van der Waals surface area (Å²) in [4.78, 5) is 32.8. The standard InChI is InChI=1S/C16H19NO.3C15H16ClN.C13H16N2S.C12H19N/c1-11(2)16-10-14(9-12(3)17-16)13-5-7-15(18-4)8-6-13;1-10(2)15-9-13(8-11(3)17-15)12-4-6-14(16)7-5-12;1-10(2)15-9-13(7-11(3)17-15)12-5-4-6-14(16)8-12;1-10(2)15-9-12(8-11(3)17-15)13-6-4-5-7-14(13)16;1-8(2)12-6-11(5-9(3)15-12)13-7-14-10(4)16-13;1-8(2)11-6-10(5)13-12(7-11)9(3)4/h5-11H,1-4H3;3*4-10H,1-3H3;5-8H,1-4H3;6-9H,1-5H3. The summed E-state index contributed by atoms with van der Waals surface area (Å²) in [6.45, 7) is 44.7. The first-order chi connectivity index (χ1) is 46.4. The van der Waals surface area contributed by atoms with Gasteiger partial charge in [0, 0.05) is 95.2 Å². The molecule has 0 unspecified atom stereocenters. The lowest BCUT2D eigenvalue weighted by Crippen LogP contribution is -1.98. The highest BCUT2D eigenvalue weighted by atomic mass is 35.5. The largest absolute Gasteiger partial charge is 0.497 e. The molecule has 0 aliphatic heterocycles. The number of pyridine rings is 6. The zero-order valence-corrected chi connectivity index (χ0v) is 64.9. The number of ether oxygens (including phenoxy) is 1. The molecule has 11 rings (SSSR count). The summed E-state index contributed by atoms with van der Waals surface area (Å²) in [6.07, 6.45) is 1.94. The smallest absolute Gasteiger partial charge is 0.118 e. The molecule has 0 radical (unpaired) electrons. The van der Waals surface area contributed by atoms with Crippen LogP contribution in [0.4, 0.5) is 0 Å². The van der Waals surface area contributed by atoms with E-state index in [0.717, 1.165) is 105 Å². The first-order valence-electron chi connectivity index (χ1n) is 34.1. The van der Waals surface area contributed by atoms with Gasteiger partial charge in [-0.25, -0.2) is 4.98 Å². The number of benzene rings is 4. The van der Waals surface area contributed by atoms with Gasteiger partial charge in [0.2, 0.25) is 0 Å². The van der Waals surface area contributed by atoms with Gasteiger partial charge in [0.05, 0.1) is 17.0 Å². The van der Waals surface area contributed by atoms with Crippen molar-refractivity contribution in [3.8, 4) is 60.7 Å². The molecule has 0 spiro atoms. The topological polar surface area (TPSA) is 99.5 Å². The third kappa shape index (κ3) is 24.8. The maximum absolute atomic E-state index is 6.22. The number of hydrogen-bond acceptors (Lipinski definition) is 9. The van der Waals surface area contributed by atoms with Gasteiger partial charge in [-0.3, -0.25) is 29.9 Å². The molecule has 0 aliphatic rings. The maximum Gasteiger partial charge on any atom is 0.118 e. The fourth-order valence-corrected chi connectivity index (χ4v) is 11.7. The van der Waals surface area contributed by atoms with Crippen molar-refractivity contribution in [1.82, 2.24) is 34.9 Å². The third-order valence-corrected chi connectivity index (χ3v) is 17.7. The van der Waals surface area contributed by atoms with Gasteiger partial charge in [0.25, 0.3) is 0 Å². The van der Waals surface area contributed by atoms with E-state index in [9.17, 15) is 0 Å². The Morgan fingerprint density at radius 1 is 0.316 bits per heavy atom. The van der Waals surface area contributed by atoms with Gasteiger partial charge in [-0.05, 0) is 255 Å². The number of halogens is 3. The van der Waals surface area contributed by atoms with Crippen LogP contribution in [0, 0.1) is 48.5 Å². The van der Waals surface area contributed by atoms with Gasteiger partial charge in [-0.2, -0.15) is 0 Å². The van der Waals surface area contributed by atoms with Crippen molar-refractivity contribution in [2.24, 2.45) is 0 Å². The molecule has 514 valence electrons. The Bertz CT molecular complexity index is 4300. The van der Waals surface area contributed by atoms with Gasteiger partial charge in [-0.15, -0.1) is 11.3 Å². The summed E-state index contributed by atoms with van der Waals surface area (Å²) in [5.41, 5.74) is 25.3. The molecule has 0 atom stereocenters. The molecular weight excluding hydrogens is 1290 g/mol. The maximum atomic E-state index is 6.22. The second kappa shape index (κ2) is 37.9. The predicted octanol–water partition coefficient (Wildman–Crippen LogP) is 26.3. The van der Waals surface area contributed by atoms with Crippen molar-refractivity contribution < 1.29 is 4.74 Å². The summed E-state index contributed by atoms with van der Waals surface area (Å²) in [5.74, 6) is 4.23. The fraction of sp³-hybridized carbons (Fsp3) is 0.337. The molecule has 0 aliphatic carbocycles. The summed E-state index contributed by atoms with van der Waals surface area (Å²) in [5, 5.41) is 3.43. The number of thiazole rings is 1. The van der Waals surface area contributed by atoms with Gasteiger partial charge in [-0.1, -0.05) is 186 Å². The molecule has 11 aromatic rings. The summed E-state index contributed by atoms with van der Waals surface area (Å²) in [7, 11) is 1.68. The number of methoxy groups -OCH3 is 1. The molecule has 0 bridgehead atoms. The van der Waals surface area contributed by atoms with Crippen LogP contribution < -0.4 is 4.74 Å². The summed E-state index contributed by atoms with van der Waals surface area (Å²) in [6, 6.07) is 57.6. The van der Waals surface area contributed by atoms with Crippen LogP contribution in [0.2, 0.25) is 15.1 Å². The van der Waals surface area contributed by atoms with E-state index in [4.69, 9.17) is 39.5 Å². The van der Waals surface area contributed by atoms with Crippen LogP contribution in [-0.2, 0) is 0 Å². The Hall–Kier alpha value is -7.92. The molecule has 0 saturated carbocycles. The Morgan fingerprint density at radius 2 is 0.684 bits per heavy atom. The molecule has 98 heavy (non-hydrogen) atoms. The highest BCUT2D eigenvalue weighted by Crippen LogP contribution is 2.33. The van der Waals surface area contributed by atoms with Crippen LogP contribution >= 0.6 is 46.1 Å². The average Bonchev–Trinajstić information content (AvgIpc) is 1.13. The van der Waals surface area contributed by atoms with Gasteiger partial charge in [0.1, 0.15) is 5.75 Å². The van der Waals surface area contributed by atoms with Crippen LogP contribution in [0.3, 0.4) is 0 Å². The Kier molecular flexibility index (Phi) is 30.6. The molecule has 12 heteroatoms. The number of hydrogen-bond donors (Lipinski definition) is 0. The summed E-state index contributed by atoms with van der Waals surface area (Å²) < 4.78 is 5.18. The predicted molar refractivity (Wildman–Crippen MR) is 422 cm³/mol. The van der Waals surface area contributed by atoms with Gasteiger partial charge < -0.3 is 4.74 Å². The van der Waals surface area contributed by atoms with E-state index in [2.05, 4.69) is 230 Å². The number of nitrogens with zero attached hydrogens (tertiary/aromatic N) is 7. The summed E-state index contributed by atoms with van der Waals surface area (Å²) >= 11 is 19.9. The second-order valence-corrected chi connectivity index (χ2v) is 29.6. The molecule has 0 saturated heterocycles. The molecule has 4 aromatic carbocycles. The molecule has 7 heterocycles. The van der Waals surface area contributed by atoms with Gasteiger partial charge >= 0.3 is 0 Å². The van der Waals surface area contributed by atoms with Crippen molar-refractivity contribution in [2.75, 3.05) is 7.11 Å². The molecular formula is C86H102Cl3N7OS. The second-order valence-electron chi connectivity index (χ2n) is 27.1. The van der Waals surface area contributed by atoms with E-state index in [1.165, 1.54) is 49.5 Å².